The van der Waals surface area contributed by atoms with Gasteiger partial charge >= 0.3 is 5.69 Å². The van der Waals surface area contributed by atoms with E-state index in [2.05, 4.69) is 0 Å². The number of halogens is 1. The standard InChI is InChI=1S/C13H18ClNO4/c1-18-11-6-7-12(15(16)17)13(10-11)19-9-5-3-2-4-8-14/h6-7,10H,2-5,8-9H2,1H3. The maximum absolute atomic E-state index is 10.9. The van der Waals surface area contributed by atoms with Crippen LogP contribution >= 0.6 is 11.6 Å². The molecule has 106 valence electrons. The van der Waals surface area contributed by atoms with E-state index in [1.165, 1.54) is 19.2 Å². The molecule has 0 N–H and O–H groups in total. The lowest BCUT2D eigenvalue weighted by Gasteiger charge is -2.08. The average molecular weight is 288 g/mol. The number of rotatable bonds is 9. The van der Waals surface area contributed by atoms with Gasteiger partial charge in [0.15, 0.2) is 0 Å². The lowest BCUT2D eigenvalue weighted by molar-refractivity contribution is -0.385. The molecule has 0 aliphatic heterocycles. The van der Waals surface area contributed by atoms with E-state index in [-0.39, 0.29) is 11.4 Å². The SMILES string of the molecule is COc1ccc([N+](=O)[O-])c(OCCCCCCCl)c1. The fourth-order valence-electron chi connectivity index (χ4n) is 1.62. The van der Waals surface area contributed by atoms with Crippen molar-refractivity contribution in [2.24, 2.45) is 0 Å². The fraction of sp³-hybridized carbons (Fsp3) is 0.538. The smallest absolute Gasteiger partial charge is 0.311 e. The Balaban J connectivity index is 2.52. The third-order valence-electron chi connectivity index (χ3n) is 2.65. The number of ether oxygens (including phenoxy) is 2. The van der Waals surface area contributed by atoms with Gasteiger partial charge in [0.2, 0.25) is 5.75 Å². The zero-order chi connectivity index (χ0) is 14.1. The average Bonchev–Trinajstić information content (AvgIpc) is 2.42. The van der Waals surface area contributed by atoms with Crippen LogP contribution in [0.3, 0.4) is 0 Å². The molecule has 1 rings (SSSR count). The van der Waals surface area contributed by atoms with Gasteiger partial charge < -0.3 is 9.47 Å². The molecule has 0 radical (unpaired) electrons. The summed E-state index contributed by atoms with van der Waals surface area (Å²) in [6, 6.07) is 4.48. The molecule has 0 aliphatic carbocycles. The molecule has 19 heavy (non-hydrogen) atoms. The van der Waals surface area contributed by atoms with E-state index >= 15 is 0 Å². The molecule has 0 bridgehead atoms. The number of benzene rings is 1. The molecule has 0 fully saturated rings. The number of nitro groups is 1. The first-order valence-electron chi connectivity index (χ1n) is 6.20. The number of unbranched alkanes of at least 4 members (excludes halogenated alkanes) is 3. The summed E-state index contributed by atoms with van der Waals surface area (Å²) in [7, 11) is 1.51. The largest absolute Gasteiger partial charge is 0.497 e. The van der Waals surface area contributed by atoms with Crippen LogP contribution in [0.2, 0.25) is 0 Å². The first-order valence-corrected chi connectivity index (χ1v) is 6.73. The molecule has 0 unspecified atom stereocenters. The van der Waals surface area contributed by atoms with Crippen molar-refractivity contribution in [3.63, 3.8) is 0 Å². The number of nitro benzene ring substituents is 1. The molecule has 0 saturated heterocycles. The molecule has 5 nitrogen and oxygen atoms in total. The number of methoxy groups -OCH3 is 1. The van der Waals surface area contributed by atoms with Gasteiger partial charge in [-0.2, -0.15) is 0 Å². The second-order valence-electron chi connectivity index (χ2n) is 4.04. The van der Waals surface area contributed by atoms with E-state index in [1.807, 2.05) is 0 Å². The summed E-state index contributed by atoms with van der Waals surface area (Å²) < 4.78 is 10.5. The number of hydrogen-bond donors (Lipinski definition) is 0. The highest BCUT2D eigenvalue weighted by Crippen LogP contribution is 2.31. The molecule has 1 aromatic rings. The molecule has 0 spiro atoms. The van der Waals surface area contributed by atoms with E-state index in [1.54, 1.807) is 6.07 Å². The minimum absolute atomic E-state index is 0.0402. The highest BCUT2D eigenvalue weighted by atomic mass is 35.5. The van der Waals surface area contributed by atoms with Gasteiger partial charge in [-0.1, -0.05) is 12.8 Å². The molecule has 0 saturated carbocycles. The fourth-order valence-corrected chi connectivity index (χ4v) is 1.81. The molecular formula is C13H18ClNO4. The van der Waals surface area contributed by atoms with E-state index in [0.717, 1.165) is 25.7 Å². The summed E-state index contributed by atoms with van der Waals surface area (Å²) in [5, 5.41) is 10.9. The van der Waals surface area contributed by atoms with Crippen molar-refractivity contribution >= 4 is 17.3 Å². The van der Waals surface area contributed by atoms with Crippen LogP contribution in [0.5, 0.6) is 11.5 Å². The molecule has 1 aromatic carbocycles. The Morgan fingerprint density at radius 1 is 1.26 bits per heavy atom. The first kappa shape index (κ1) is 15.6. The van der Waals surface area contributed by atoms with E-state index < -0.39 is 4.92 Å². The number of nitrogens with zero attached hydrogens (tertiary/aromatic N) is 1. The maximum Gasteiger partial charge on any atom is 0.311 e. The number of hydrogen-bond acceptors (Lipinski definition) is 4. The summed E-state index contributed by atoms with van der Waals surface area (Å²) in [4.78, 5) is 10.4. The van der Waals surface area contributed by atoms with Crippen LogP contribution < -0.4 is 9.47 Å². The Morgan fingerprint density at radius 3 is 2.63 bits per heavy atom. The van der Waals surface area contributed by atoms with Crippen LogP contribution in [0.4, 0.5) is 5.69 Å². The third kappa shape index (κ3) is 5.34. The Morgan fingerprint density at radius 2 is 2.00 bits per heavy atom. The monoisotopic (exact) mass is 287 g/mol. The van der Waals surface area contributed by atoms with Crippen LogP contribution in [-0.2, 0) is 0 Å². The maximum atomic E-state index is 10.9. The Labute approximate surface area is 117 Å². The zero-order valence-electron chi connectivity index (χ0n) is 10.9. The highest BCUT2D eigenvalue weighted by molar-refractivity contribution is 6.17. The minimum Gasteiger partial charge on any atom is -0.497 e. The van der Waals surface area contributed by atoms with Crippen molar-refractivity contribution in [3.8, 4) is 11.5 Å². The van der Waals surface area contributed by atoms with E-state index in [4.69, 9.17) is 21.1 Å². The second kappa shape index (κ2) is 8.58. The Kier molecular flexibility index (Phi) is 7.03. The molecule has 0 atom stereocenters. The van der Waals surface area contributed by atoms with Crippen molar-refractivity contribution in [2.75, 3.05) is 19.6 Å². The van der Waals surface area contributed by atoms with Crippen LogP contribution in [0.1, 0.15) is 25.7 Å². The van der Waals surface area contributed by atoms with Crippen LogP contribution in [-0.4, -0.2) is 24.5 Å². The lowest BCUT2D eigenvalue weighted by atomic mass is 10.2. The second-order valence-corrected chi connectivity index (χ2v) is 4.42. The minimum atomic E-state index is -0.456. The van der Waals surface area contributed by atoms with Gasteiger partial charge in [-0.15, -0.1) is 11.6 Å². The molecule has 0 aromatic heterocycles. The molecule has 6 heteroatoms. The Bertz CT molecular complexity index is 412. The predicted molar refractivity (Wildman–Crippen MR) is 74.3 cm³/mol. The van der Waals surface area contributed by atoms with Crippen molar-refractivity contribution in [3.05, 3.63) is 28.3 Å². The highest BCUT2D eigenvalue weighted by Gasteiger charge is 2.15. The van der Waals surface area contributed by atoms with E-state index in [9.17, 15) is 10.1 Å². The zero-order valence-corrected chi connectivity index (χ0v) is 11.7. The van der Waals surface area contributed by atoms with Gasteiger partial charge in [0.25, 0.3) is 0 Å². The van der Waals surface area contributed by atoms with Gasteiger partial charge in [-0.05, 0) is 18.9 Å². The van der Waals surface area contributed by atoms with Gasteiger partial charge in [0.05, 0.1) is 18.6 Å². The summed E-state index contributed by atoms with van der Waals surface area (Å²) in [5.74, 6) is 1.46. The summed E-state index contributed by atoms with van der Waals surface area (Å²) in [5.41, 5.74) is -0.0402. The van der Waals surface area contributed by atoms with Crippen LogP contribution in [0.25, 0.3) is 0 Å². The summed E-state index contributed by atoms with van der Waals surface area (Å²) in [6.45, 7) is 0.455. The van der Waals surface area contributed by atoms with Gasteiger partial charge in [-0.25, -0.2) is 0 Å². The van der Waals surface area contributed by atoms with Crippen molar-refractivity contribution in [2.45, 2.75) is 25.7 Å². The van der Waals surface area contributed by atoms with Gasteiger partial charge in [-0.3, -0.25) is 10.1 Å². The lowest BCUT2D eigenvalue weighted by Crippen LogP contribution is -2.01. The van der Waals surface area contributed by atoms with Crippen molar-refractivity contribution in [1.82, 2.24) is 0 Å². The normalized spacial score (nSPS) is 10.2. The Hall–Kier alpha value is -1.49. The van der Waals surface area contributed by atoms with Crippen LogP contribution in [0.15, 0.2) is 18.2 Å². The van der Waals surface area contributed by atoms with E-state index in [0.29, 0.717) is 18.2 Å². The van der Waals surface area contributed by atoms with Crippen LogP contribution in [0, 0.1) is 10.1 Å². The summed E-state index contributed by atoms with van der Waals surface area (Å²) >= 11 is 5.58. The quantitative estimate of drug-likeness (QED) is 0.300. The third-order valence-corrected chi connectivity index (χ3v) is 2.92. The molecule has 0 aliphatic rings. The van der Waals surface area contributed by atoms with Gasteiger partial charge in [0.1, 0.15) is 5.75 Å². The topological polar surface area (TPSA) is 61.6 Å². The molecule has 0 heterocycles. The molecular weight excluding hydrogens is 270 g/mol. The summed E-state index contributed by atoms with van der Waals surface area (Å²) in [6.07, 6.45) is 3.89. The van der Waals surface area contributed by atoms with Crippen molar-refractivity contribution in [1.29, 1.82) is 0 Å². The number of alkyl halides is 1. The molecule has 0 amide bonds. The first-order chi connectivity index (χ1) is 9.19. The van der Waals surface area contributed by atoms with Gasteiger partial charge in [0, 0.05) is 18.0 Å². The predicted octanol–water partition coefficient (Wildman–Crippen LogP) is 3.78. The van der Waals surface area contributed by atoms with Crippen molar-refractivity contribution < 1.29 is 14.4 Å².